The molecular formula is C18H19ClN4O3. The van der Waals surface area contributed by atoms with Crippen molar-refractivity contribution in [1.82, 2.24) is 15.1 Å². The highest BCUT2D eigenvalue weighted by atomic mass is 35.5. The van der Waals surface area contributed by atoms with Crippen molar-refractivity contribution in [1.29, 1.82) is 0 Å². The first-order valence-corrected chi connectivity index (χ1v) is 8.30. The molecule has 3 heterocycles. The largest absolute Gasteiger partial charge is 0.423 e. The van der Waals surface area contributed by atoms with Crippen LogP contribution < -0.4 is 16.3 Å². The Morgan fingerprint density at radius 1 is 1.27 bits per heavy atom. The van der Waals surface area contributed by atoms with Gasteiger partial charge in [-0.25, -0.2) is 4.79 Å². The molecule has 2 aromatic heterocycles. The van der Waals surface area contributed by atoms with Crippen LogP contribution in [0.2, 0.25) is 0 Å². The van der Waals surface area contributed by atoms with Crippen LogP contribution in [0.5, 0.6) is 0 Å². The summed E-state index contributed by atoms with van der Waals surface area (Å²) in [6.07, 6.45) is 4.02. The number of carbonyl (C=O) groups excluding carboxylic acids is 1. The molecule has 2 N–H and O–H groups in total. The molecule has 4 rings (SSSR count). The zero-order chi connectivity index (χ0) is 17.2. The molecule has 8 heteroatoms. The van der Waals surface area contributed by atoms with Crippen molar-refractivity contribution in [2.45, 2.75) is 18.9 Å². The van der Waals surface area contributed by atoms with Gasteiger partial charge in [0, 0.05) is 29.9 Å². The molecule has 1 fully saturated rings. The normalized spacial score (nSPS) is 16.8. The highest BCUT2D eigenvalue weighted by Crippen LogP contribution is 2.19. The molecule has 1 saturated heterocycles. The van der Waals surface area contributed by atoms with Crippen LogP contribution in [0.15, 0.2) is 51.8 Å². The third-order valence-corrected chi connectivity index (χ3v) is 4.36. The van der Waals surface area contributed by atoms with Gasteiger partial charge < -0.3 is 15.1 Å². The summed E-state index contributed by atoms with van der Waals surface area (Å²) >= 11 is 0. The van der Waals surface area contributed by atoms with E-state index in [4.69, 9.17) is 4.42 Å². The second-order valence-corrected chi connectivity index (χ2v) is 6.14. The third-order valence-electron chi connectivity index (χ3n) is 4.36. The van der Waals surface area contributed by atoms with Crippen molar-refractivity contribution >= 4 is 35.0 Å². The zero-order valence-electron chi connectivity index (χ0n) is 14.0. The standard InChI is InChI=1S/C18H18N4O3.ClH/c23-17-6-3-12-10-13(4-5-16(12)25-17)20-18(24)15-7-9-22(21-15)14-2-1-8-19-11-14;/h3-7,9-10,14,19H,1-2,8,11H2,(H,20,24);1H. The fourth-order valence-electron chi connectivity index (χ4n) is 3.07. The van der Waals surface area contributed by atoms with Gasteiger partial charge >= 0.3 is 5.63 Å². The number of aromatic nitrogens is 2. The topological polar surface area (TPSA) is 89.2 Å². The highest BCUT2D eigenvalue weighted by Gasteiger charge is 2.17. The number of hydrogen-bond acceptors (Lipinski definition) is 5. The lowest BCUT2D eigenvalue weighted by molar-refractivity contribution is 0.102. The number of halogens is 1. The van der Waals surface area contributed by atoms with Gasteiger partial charge in [-0.2, -0.15) is 5.10 Å². The van der Waals surface area contributed by atoms with Crippen molar-refractivity contribution in [2.24, 2.45) is 0 Å². The molecule has 3 aromatic rings. The van der Waals surface area contributed by atoms with E-state index in [1.54, 1.807) is 30.3 Å². The van der Waals surface area contributed by atoms with Crippen LogP contribution in [0.4, 0.5) is 5.69 Å². The number of rotatable bonds is 3. The predicted molar refractivity (Wildman–Crippen MR) is 101 cm³/mol. The fourth-order valence-corrected chi connectivity index (χ4v) is 3.07. The minimum Gasteiger partial charge on any atom is -0.423 e. The summed E-state index contributed by atoms with van der Waals surface area (Å²) in [7, 11) is 0. The van der Waals surface area contributed by atoms with Gasteiger partial charge in [0.15, 0.2) is 5.69 Å². The number of piperidine rings is 1. The Morgan fingerprint density at radius 3 is 2.96 bits per heavy atom. The maximum Gasteiger partial charge on any atom is 0.336 e. The Hall–Kier alpha value is -2.64. The minimum atomic E-state index is -0.396. The average molecular weight is 375 g/mol. The monoisotopic (exact) mass is 374 g/mol. The Kier molecular flexibility index (Phi) is 5.39. The van der Waals surface area contributed by atoms with Crippen molar-refractivity contribution in [3.05, 3.63) is 58.7 Å². The molecule has 0 saturated carbocycles. The second kappa shape index (κ2) is 7.72. The van der Waals surface area contributed by atoms with Crippen molar-refractivity contribution < 1.29 is 9.21 Å². The maximum absolute atomic E-state index is 12.4. The number of hydrogen-bond donors (Lipinski definition) is 2. The molecule has 0 bridgehead atoms. The number of nitrogens with one attached hydrogen (secondary N) is 2. The first kappa shape index (κ1) is 18.2. The van der Waals surface area contributed by atoms with E-state index in [-0.39, 0.29) is 18.3 Å². The smallest absolute Gasteiger partial charge is 0.336 e. The number of fused-ring (bicyclic) bond motifs is 1. The molecule has 0 aliphatic carbocycles. The highest BCUT2D eigenvalue weighted by molar-refractivity contribution is 6.03. The minimum absolute atomic E-state index is 0. The van der Waals surface area contributed by atoms with Crippen LogP contribution in [0, 0.1) is 0 Å². The first-order valence-electron chi connectivity index (χ1n) is 8.30. The number of carbonyl (C=O) groups is 1. The predicted octanol–water partition coefficient (Wildman–Crippen LogP) is 2.59. The number of amides is 1. The maximum atomic E-state index is 12.4. The van der Waals surface area contributed by atoms with Crippen molar-refractivity contribution in [2.75, 3.05) is 18.4 Å². The summed E-state index contributed by atoms with van der Waals surface area (Å²) in [4.78, 5) is 23.6. The van der Waals surface area contributed by atoms with Gasteiger partial charge in [-0.15, -0.1) is 12.4 Å². The summed E-state index contributed by atoms with van der Waals surface area (Å²) < 4.78 is 6.94. The Balaban J connectivity index is 0.00000196. The van der Waals surface area contributed by atoms with Crippen LogP contribution >= 0.6 is 12.4 Å². The molecule has 1 aliphatic rings. The molecule has 1 unspecified atom stereocenters. The second-order valence-electron chi connectivity index (χ2n) is 6.14. The van der Waals surface area contributed by atoms with E-state index in [2.05, 4.69) is 15.7 Å². The van der Waals surface area contributed by atoms with Crippen LogP contribution in [0.25, 0.3) is 11.0 Å². The molecular weight excluding hydrogens is 356 g/mol. The molecule has 1 aliphatic heterocycles. The molecule has 7 nitrogen and oxygen atoms in total. The Labute approximate surface area is 155 Å². The first-order chi connectivity index (χ1) is 12.2. The van der Waals surface area contributed by atoms with Crippen LogP contribution in [-0.2, 0) is 0 Å². The molecule has 0 spiro atoms. The van der Waals surface area contributed by atoms with E-state index >= 15 is 0 Å². The van der Waals surface area contributed by atoms with Gasteiger partial charge in [-0.1, -0.05) is 0 Å². The molecule has 26 heavy (non-hydrogen) atoms. The van der Waals surface area contributed by atoms with E-state index in [9.17, 15) is 9.59 Å². The molecule has 0 radical (unpaired) electrons. The van der Waals surface area contributed by atoms with E-state index in [0.29, 0.717) is 23.0 Å². The van der Waals surface area contributed by atoms with Crippen LogP contribution in [0.3, 0.4) is 0 Å². The lowest BCUT2D eigenvalue weighted by Crippen LogP contribution is -2.32. The summed E-state index contributed by atoms with van der Waals surface area (Å²) in [5.41, 5.74) is 1.09. The van der Waals surface area contributed by atoms with Crippen molar-refractivity contribution in [3.63, 3.8) is 0 Å². The molecule has 1 aromatic carbocycles. The quantitative estimate of drug-likeness (QED) is 0.688. The van der Waals surface area contributed by atoms with Crippen LogP contribution in [0.1, 0.15) is 29.4 Å². The fraction of sp³-hybridized carbons (Fsp3) is 0.278. The van der Waals surface area contributed by atoms with Crippen LogP contribution in [-0.4, -0.2) is 28.8 Å². The van der Waals surface area contributed by atoms with Gasteiger partial charge in [0.1, 0.15) is 5.58 Å². The Morgan fingerprint density at radius 2 is 2.15 bits per heavy atom. The molecule has 136 valence electrons. The van der Waals surface area contributed by atoms with Gasteiger partial charge in [-0.05, 0) is 49.7 Å². The van der Waals surface area contributed by atoms with E-state index < -0.39 is 5.63 Å². The van der Waals surface area contributed by atoms with Gasteiger partial charge in [0.25, 0.3) is 5.91 Å². The van der Waals surface area contributed by atoms with Gasteiger partial charge in [-0.3, -0.25) is 9.48 Å². The lowest BCUT2D eigenvalue weighted by atomic mass is 10.1. The molecule has 1 amide bonds. The van der Waals surface area contributed by atoms with E-state index in [1.165, 1.54) is 6.07 Å². The lowest BCUT2D eigenvalue weighted by Gasteiger charge is -2.22. The third kappa shape index (κ3) is 3.79. The average Bonchev–Trinajstić information content (AvgIpc) is 3.13. The van der Waals surface area contributed by atoms with E-state index in [0.717, 1.165) is 31.3 Å². The Bertz CT molecular complexity index is 976. The summed E-state index contributed by atoms with van der Waals surface area (Å²) in [5.74, 6) is -0.265. The van der Waals surface area contributed by atoms with E-state index in [1.807, 2.05) is 10.9 Å². The number of nitrogens with zero attached hydrogens (tertiary/aromatic N) is 2. The van der Waals surface area contributed by atoms with Gasteiger partial charge in [0.05, 0.1) is 6.04 Å². The summed E-state index contributed by atoms with van der Waals surface area (Å²) in [6, 6.07) is 10.2. The SMILES string of the molecule is Cl.O=C(Nc1ccc2oc(=O)ccc2c1)c1ccn(C2CCCNC2)n1. The number of anilines is 1. The van der Waals surface area contributed by atoms with Gasteiger partial charge in [0.2, 0.25) is 0 Å². The summed E-state index contributed by atoms with van der Waals surface area (Å²) in [5, 5.41) is 11.3. The molecule has 1 atom stereocenters. The summed E-state index contributed by atoms with van der Waals surface area (Å²) in [6.45, 7) is 1.91. The van der Waals surface area contributed by atoms with Crippen molar-refractivity contribution in [3.8, 4) is 0 Å². The number of benzene rings is 1. The zero-order valence-corrected chi connectivity index (χ0v) is 14.8.